The first kappa shape index (κ1) is 19.2. The quantitative estimate of drug-likeness (QED) is 0.621. The van der Waals surface area contributed by atoms with E-state index in [1.807, 2.05) is 12.1 Å². The number of carbonyl (C=O) groups is 1. The van der Waals surface area contributed by atoms with Gasteiger partial charge in [0.15, 0.2) is 5.13 Å². The smallest absolute Gasteiger partial charge is 0.224 e. The second kappa shape index (κ2) is 8.92. The van der Waals surface area contributed by atoms with Crippen LogP contribution in [0.2, 0.25) is 0 Å². The number of aromatic nitrogens is 2. The number of fused-ring (bicyclic) bond motifs is 1. The van der Waals surface area contributed by atoms with Crippen LogP contribution in [0.4, 0.5) is 5.13 Å². The minimum Gasteiger partial charge on any atom is -0.355 e. The van der Waals surface area contributed by atoms with Crippen molar-refractivity contribution in [1.82, 2.24) is 15.3 Å². The van der Waals surface area contributed by atoms with E-state index in [0.29, 0.717) is 6.54 Å². The second-order valence-electron chi connectivity index (χ2n) is 7.00. The summed E-state index contributed by atoms with van der Waals surface area (Å²) in [6.07, 6.45) is 6.69. The first-order valence-electron chi connectivity index (χ1n) is 9.60. The molecular weight excluding hydrogens is 388 g/mol. The average molecular weight is 413 g/mol. The van der Waals surface area contributed by atoms with Crippen LogP contribution in [-0.4, -0.2) is 41.8 Å². The van der Waals surface area contributed by atoms with Crippen LogP contribution in [0.25, 0.3) is 10.3 Å². The third kappa shape index (κ3) is 4.47. The number of hydrogen-bond donors (Lipinski definition) is 1. The molecule has 7 heteroatoms. The summed E-state index contributed by atoms with van der Waals surface area (Å²) in [5, 5.41) is 4.10. The highest BCUT2D eigenvalue weighted by Gasteiger charge is 2.27. The molecule has 4 rings (SSSR count). The van der Waals surface area contributed by atoms with Gasteiger partial charge >= 0.3 is 0 Å². The Hall–Kier alpha value is -2.12. The maximum Gasteiger partial charge on any atom is 0.224 e. The van der Waals surface area contributed by atoms with E-state index in [0.717, 1.165) is 47.8 Å². The summed E-state index contributed by atoms with van der Waals surface area (Å²) in [6, 6.07) is 12.4. The SMILES string of the molecule is CSc1ccc(CCNC(=O)C2CCCN(c3nc4cccnc4s3)C2)cc1. The number of thiazole rings is 1. The Balaban J connectivity index is 1.31. The van der Waals surface area contributed by atoms with Gasteiger partial charge in [0, 0.05) is 30.7 Å². The zero-order valence-corrected chi connectivity index (χ0v) is 17.6. The molecule has 1 aliphatic rings. The van der Waals surface area contributed by atoms with Crippen LogP contribution < -0.4 is 10.2 Å². The molecule has 3 aromatic rings. The molecule has 0 spiro atoms. The molecule has 1 atom stereocenters. The topological polar surface area (TPSA) is 58.1 Å². The standard InChI is InChI=1S/C21H24N4OS2/c1-27-17-8-6-15(7-9-17)10-12-22-19(26)16-4-3-13-25(14-16)21-24-18-5-2-11-23-20(18)28-21/h2,5-9,11,16H,3-4,10,12-14H2,1H3,(H,22,26). The lowest BCUT2D eigenvalue weighted by Gasteiger charge is -2.31. The minimum absolute atomic E-state index is 0.0209. The first-order chi connectivity index (χ1) is 13.7. The molecule has 1 fully saturated rings. The van der Waals surface area contributed by atoms with Gasteiger partial charge in [-0.25, -0.2) is 9.97 Å². The molecule has 5 nitrogen and oxygen atoms in total. The molecule has 1 unspecified atom stereocenters. The first-order valence-corrected chi connectivity index (χ1v) is 11.6. The van der Waals surface area contributed by atoms with Gasteiger partial charge < -0.3 is 10.2 Å². The van der Waals surface area contributed by atoms with Crippen molar-refractivity contribution >= 4 is 44.5 Å². The third-order valence-corrected chi connectivity index (χ3v) is 6.87. The van der Waals surface area contributed by atoms with Crippen LogP contribution in [0.1, 0.15) is 18.4 Å². The zero-order valence-electron chi connectivity index (χ0n) is 15.9. The van der Waals surface area contributed by atoms with Gasteiger partial charge in [0.25, 0.3) is 0 Å². The Morgan fingerprint density at radius 2 is 2.18 bits per heavy atom. The molecule has 0 saturated carbocycles. The van der Waals surface area contributed by atoms with Gasteiger partial charge in [-0.2, -0.15) is 0 Å². The number of benzene rings is 1. The summed E-state index contributed by atoms with van der Waals surface area (Å²) >= 11 is 3.35. The van der Waals surface area contributed by atoms with Crippen LogP contribution in [0, 0.1) is 5.92 Å². The van der Waals surface area contributed by atoms with Crippen molar-refractivity contribution in [3.05, 3.63) is 48.2 Å². The lowest BCUT2D eigenvalue weighted by molar-refractivity contribution is -0.125. The molecule has 28 heavy (non-hydrogen) atoms. The Kier molecular flexibility index (Phi) is 6.12. The minimum atomic E-state index is 0.0209. The summed E-state index contributed by atoms with van der Waals surface area (Å²) < 4.78 is 0. The second-order valence-corrected chi connectivity index (χ2v) is 8.83. The van der Waals surface area contributed by atoms with Gasteiger partial charge in [-0.3, -0.25) is 4.79 Å². The number of nitrogens with zero attached hydrogens (tertiary/aromatic N) is 3. The summed E-state index contributed by atoms with van der Waals surface area (Å²) in [7, 11) is 0. The molecule has 3 heterocycles. The molecule has 1 aromatic carbocycles. The van der Waals surface area contributed by atoms with Crippen molar-refractivity contribution in [2.75, 3.05) is 30.8 Å². The summed E-state index contributed by atoms with van der Waals surface area (Å²) in [5.74, 6) is 0.178. The molecule has 0 radical (unpaired) electrons. The number of amides is 1. The third-order valence-electron chi connectivity index (χ3n) is 5.09. The molecule has 146 valence electrons. The zero-order chi connectivity index (χ0) is 19.3. The molecule has 1 amide bonds. The van der Waals surface area contributed by atoms with Crippen LogP contribution in [0.3, 0.4) is 0 Å². The van der Waals surface area contributed by atoms with Gasteiger partial charge in [0.1, 0.15) is 10.3 Å². The van der Waals surface area contributed by atoms with E-state index in [-0.39, 0.29) is 11.8 Å². The number of anilines is 1. The van der Waals surface area contributed by atoms with E-state index in [9.17, 15) is 4.79 Å². The van der Waals surface area contributed by atoms with Crippen molar-refractivity contribution in [3.63, 3.8) is 0 Å². The lowest BCUT2D eigenvalue weighted by atomic mass is 9.97. The lowest BCUT2D eigenvalue weighted by Crippen LogP contribution is -2.43. The number of piperidine rings is 1. The van der Waals surface area contributed by atoms with Crippen molar-refractivity contribution in [3.8, 4) is 0 Å². The highest BCUT2D eigenvalue weighted by Crippen LogP contribution is 2.30. The van der Waals surface area contributed by atoms with E-state index in [1.54, 1.807) is 29.3 Å². The van der Waals surface area contributed by atoms with Crippen molar-refractivity contribution in [2.24, 2.45) is 5.92 Å². The van der Waals surface area contributed by atoms with Crippen molar-refractivity contribution < 1.29 is 4.79 Å². The normalized spacial score (nSPS) is 17.0. The van der Waals surface area contributed by atoms with E-state index in [1.165, 1.54) is 10.5 Å². The number of hydrogen-bond acceptors (Lipinski definition) is 6. The van der Waals surface area contributed by atoms with E-state index in [2.05, 4.69) is 45.7 Å². The number of rotatable bonds is 6. The summed E-state index contributed by atoms with van der Waals surface area (Å²) in [6.45, 7) is 2.36. The molecule has 1 aliphatic heterocycles. The van der Waals surface area contributed by atoms with Gasteiger partial charge in [-0.05, 0) is 55.3 Å². The highest BCUT2D eigenvalue weighted by atomic mass is 32.2. The molecule has 2 aromatic heterocycles. The fraction of sp³-hybridized carbons (Fsp3) is 0.381. The molecular formula is C21H24N4OS2. The number of thioether (sulfide) groups is 1. The van der Waals surface area contributed by atoms with Gasteiger partial charge in [0.2, 0.25) is 5.91 Å². The van der Waals surface area contributed by atoms with E-state index >= 15 is 0 Å². The number of carbonyl (C=O) groups excluding carboxylic acids is 1. The maximum atomic E-state index is 12.7. The Labute approximate surface area is 173 Å². The van der Waals surface area contributed by atoms with Crippen LogP contribution in [0.15, 0.2) is 47.5 Å². The predicted octanol–water partition coefficient (Wildman–Crippen LogP) is 3.99. The fourth-order valence-corrected chi connectivity index (χ4v) is 4.88. The average Bonchev–Trinajstić information content (AvgIpc) is 3.19. The molecule has 1 saturated heterocycles. The maximum absolute atomic E-state index is 12.7. The number of pyridine rings is 1. The van der Waals surface area contributed by atoms with E-state index in [4.69, 9.17) is 4.98 Å². The van der Waals surface area contributed by atoms with Gasteiger partial charge in [0.05, 0.1) is 5.92 Å². The Morgan fingerprint density at radius 1 is 1.32 bits per heavy atom. The fourth-order valence-electron chi connectivity index (χ4n) is 3.53. The van der Waals surface area contributed by atoms with Gasteiger partial charge in [-0.15, -0.1) is 11.8 Å². The monoisotopic (exact) mass is 412 g/mol. The van der Waals surface area contributed by atoms with Gasteiger partial charge in [-0.1, -0.05) is 23.5 Å². The van der Waals surface area contributed by atoms with Crippen LogP contribution in [0.5, 0.6) is 0 Å². The Bertz CT molecular complexity index is 908. The Morgan fingerprint density at radius 3 is 2.96 bits per heavy atom. The molecule has 0 aliphatic carbocycles. The predicted molar refractivity (Wildman–Crippen MR) is 117 cm³/mol. The van der Waals surface area contributed by atoms with Crippen molar-refractivity contribution in [2.45, 2.75) is 24.2 Å². The summed E-state index contributed by atoms with van der Waals surface area (Å²) in [5.41, 5.74) is 2.19. The van der Waals surface area contributed by atoms with Crippen LogP contribution >= 0.6 is 23.1 Å². The summed E-state index contributed by atoms with van der Waals surface area (Å²) in [4.78, 5) is 26.2. The van der Waals surface area contributed by atoms with Crippen LogP contribution in [-0.2, 0) is 11.2 Å². The largest absolute Gasteiger partial charge is 0.355 e. The highest BCUT2D eigenvalue weighted by molar-refractivity contribution is 7.98. The van der Waals surface area contributed by atoms with E-state index < -0.39 is 0 Å². The molecule has 0 bridgehead atoms. The van der Waals surface area contributed by atoms with Crippen molar-refractivity contribution in [1.29, 1.82) is 0 Å². The molecule has 1 N–H and O–H groups in total. The number of nitrogens with one attached hydrogen (secondary N) is 1.